The fraction of sp³-hybridized carbons (Fsp3) is 0.357. The first-order chi connectivity index (χ1) is 12.3. The van der Waals surface area contributed by atoms with E-state index in [0.717, 1.165) is 23.1 Å². The van der Waals surface area contributed by atoms with Gasteiger partial charge in [-0.3, -0.25) is 4.79 Å². The number of nitrogens with zero attached hydrogens (tertiary/aromatic N) is 2. The van der Waals surface area contributed by atoms with Crippen LogP contribution >= 0.6 is 23.1 Å². The van der Waals surface area contributed by atoms with Crippen molar-refractivity contribution >= 4 is 39.8 Å². The Balaban J connectivity index is 1.53. The molecule has 2 heterocycles. The Morgan fingerprint density at radius 1 is 1.35 bits per heavy atom. The van der Waals surface area contributed by atoms with Gasteiger partial charge in [0.25, 0.3) is 0 Å². The molecule has 1 aromatic carbocycles. The minimum Gasteiger partial charge on any atom is -0.454 e. The Labute approximate surface area is 154 Å². The molecule has 1 aromatic heterocycles. The molecule has 140 valence electrons. The van der Waals surface area contributed by atoms with Gasteiger partial charge < -0.3 is 20.1 Å². The summed E-state index contributed by atoms with van der Waals surface area (Å²) in [6.07, 6.45) is -4.34. The molecular weight excluding hydrogens is 393 g/mol. The smallest absolute Gasteiger partial charge is 0.405 e. The molecule has 0 spiro atoms. The van der Waals surface area contributed by atoms with E-state index in [1.165, 1.54) is 0 Å². The molecule has 1 amide bonds. The van der Waals surface area contributed by atoms with Crippen molar-refractivity contribution < 1.29 is 27.4 Å². The molecule has 1 unspecified atom stereocenters. The Hall–Kier alpha value is -2.21. The van der Waals surface area contributed by atoms with Gasteiger partial charge in [0.1, 0.15) is 6.54 Å². The highest BCUT2D eigenvalue weighted by atomic mass is 32.2. The molecule has 0 saturated heterocycles. The summed E-state index contributed by atoms with van der Waals surface area (Å²) in [5, 5.41) is 11.8. The number of halogens is 3. The monoisotopic (exact) mass is 406 g/mol. The van der Waals surface area contributed by atoms with Gasteiger partial charge in [-0.1, -0.05) is 23.1 Å². The lowest BCUT2D eigenvalue weighted by molar-refractivity contribution is -0.116. The van der Waals surface area contributed by atoms with Gasteiger partial charge in [0.05, 0.1) is 5.25 Å². The van der Waals surface area contributed by atoms with Crippen LogP contribution in [-0.2, 0) is 4.79 Å². The van der Waals surface area contributed by atoms with Crippen molar-refractivity contribution in [2.45, 2.75) is 22.7 Å². The predicted molar refractivity (Wildman–Crippen MR) is 91.0 cm³/mol. The highest BCUT2D eigenvalue weighted by Gasteiger charge is 2.27. The normalized spacial score (nSPS) is 14.2. The zero-order valence-corrected chi connectivity index (χ0v) is 14.9. The Morgan fingerprint density at radius 3 is 2.88 bits per heavy atom. The number of ether oxygens (including phenoxy) is 2. The van der Waals surface area contributed by atoms with Crippen LogP contribution in [0.25, 0.3) is 0 Å². The van der Waals surface area contributed by atoms with Crippen molar-refractivity contribution in [1.29, 1.82) is 0 Å². The second-order valence-electron chi connectivity index (χ2n) is 5.16. The SMILES string of the molecule is CC(Sc1nnc(NCC(F)(F)F)s1)C(=O)Nc1ccc2c(c1)OCO2. The number of amides is 1. The lowest BCUT2D eigenvalue weighted by atomic mass is 10.2. The molecule has 2 aromatic rings. The fourth-order valence-corrected chi connectivity index (χ4v) is 3.82. The molecule has 1 aliphatic rings. The maximum absolute atomic E-state index is 12.3. The molecule has 7 nitrogen and oxygen atoms in total. The maximum atomic E-state index is 12.3. The quantitative estimate of drug-likeness (QED) is 0.712. The summed E-state index contributed by atoms with van der Waals surface area (Å²) in [6.45, 7) is 0.615. The molecule has 0 aliphatic carbocycles. The standard InChI is InChI=1S/C14H13F3N4O3S2/c1-7(25-13-21-20-12(26-13)18-5-14(15,16)17)11(22)19-8-2-3-9-10(4-8)24-6-23-9/h2-4,7H,5-6H2,1H3,(H,18,20)(H,19,22). The number of rotatable bonds is 6. The van der Waals surface area contributed by atoms with Crippen molar-refractivity contribution in [3.8, 4) is 11.5 Å². The zero-order chi connectivity index (χ0) is 18.7. The number of anilines is 2. The number of hydrogen-bond donors (Lipinski definition) is 2. The van der Waals surface area contributed by atoms with E-state index in [2.05, 4.69) is 20.8 Å². The molecule has 0 radical (unpaired) electrons. The van der Waals surface area contributed by atoms with Gasteiger partial charge in [-0.2, -0.15) is 13.2 Å². The maximum Gasteiger partial charge on any atom is 0.405 e. The van der Waals surface area contributed by atoms with Crippen molar-refractivity contribution in [3.05, 3.63) is 18.2 Å². The molecular formula is C14H13F3N4O3S2. The van der Waals surface area contributed by atoms with Crippen LogP contribution in [0.3, 0.4) is 0 Å². The first kappa shape index (κ1) is 18.6. The van der Waals surface area contributed by atoms with Crippen molar-refractivity contribution in [1.82, 2.24) is 10.2 Å². The van der Waals surface area contributed by atoms with Gasteiger partial charge in [0.15, 0.2) is 15.8 Å². The predicted octanol–water partition coefficient (Wildman–Crippen LogP) is 3.36. The summed E-state index contributed by atoms with van der Waals surface area (Å²) in [7, 11) is 0. The fourth-order valence-electron chi connectivity index (χ4n) is 1.93. The molecule has 0 saturated carbocycles. The van der Waals surface area contributed by atoms with E-state index in [1.807, 2.05) is 0 Å². The third-order valence-corrected chi connectivity index (χ3v) is 5.20. The molecule has 3 rings (SSSR count). The zero-order valence-electron chi connectivity index (χ0n) is 13.3. The van der Waals surface area contributed by atoms with E-state index >= 15 is 0 Å². The van der Waals surface area contributed by atoms with Crippen LogP contribution in [0.2, 0.25) is 0 Å². The molecule has 1 aliphatic heterocycles. The summed E-state index contributed by atoms with van der Waals surface area (Å²) < 4.78 is 47.4. The van der Waals surface area contributed by atoms with Crippen LogP contribution in [-0.4, -0.2) is 40.9 Å². The Bertz CT molecular complexity index is 800. The van der Waals surface area contributed by atoms with Crippen LogP contribution in [0.4, 0.5) is 24.0 Å². The average Bonchev–Trinajstić information content (AvgIpc) is 3.20. The molecule has 0 bridgehead atoms. The Morgan fingerprint density at radius 2 is 2.12 bits per heavy atom. The number of fused-ring (bicyclic) bond motifs is 1. The number of carbonyl (C=O) groups excluding carboxylic acids is 1. The second-order valence-corrected chi connectivity index (χ2v) is 7.72. The Kier molecular flexibility index (Phi) is 5.41. The number of alkyl halides is 3. The van der Waals surface area contributed by atoms with Gasteiger partial charge in [-0.25, -0.2) is 0 Å². The van der Waals surface area contributed by atoms with Crippen LogP contribution in [0.5, 0.6) is 11.5 Å². The summed E-state index contributed by atoms with van der Waals surface area (Å²) in [4.78, 5) is 12.3. The van der Waals surface area contributed by atoms with Crippen molar-refractivity contribution in [2.24, 2.45) is 0 Å². The average molecular weight is 406 g/mol. The summed E-state index contributed by atoms with van der Waals surface area (Å²) in [5.41, 5.74) is 0.552. The van der Waals surface area contributed by atoms with Gasteiger partial charge in [0, 0.05) is 11.8 Å². The van der Waals surface area contributed by atoms with Gasteiger partial charge in [0.2, 0.25) is 17.8 Å². The van der Waals surface area contributed by atoms with Gasteiger partial charge in [-0.05, 0) is 19.1 Å². The lowest BCUT2D eigenvalue weighted by Crippen LogP contribution is -2.22. The molecule has 2 N–H and O–H groups in total. The van der Waals surface area contributed by atoms with Crippen LogP contribution in [0.1, 0.15) is 6.92 Å². The largest absolute Gasteiger partial charge is 0.454 e. The minimum atomic E-state index is -4.34. The van der Waals surface area contributed by atoms with Crippen LogP contribution < -0.4 is 20.1 Å². The number of nitrogens with one attached hydrogen (secondary N) is 2. The third kappa shape index (κ3) is 4.91. The summed E-state index contributed by atoms with van der Waals surface area (Å²) in [5.74, 6) is 0.875. The summed E-state index contributed by atoms with van der Waals surface area (Å²) in [6, 6.07) is 5.04. The number of thioether (sulfide) groups is 1. The number of hydrogen-bond acceptors (Lipinski definition) is 8. The number of carbonyl (C=O) groups is 1. The van der Waals surface area contributed by atoms with E-state index < -0.39 is 18.0 Å². The topological polar surface area (TPSA) is 85.4 Å². The van der Waals surface area contributed by atoms with E-state index in [9.17, 15) is 18.0 Å². The van der Waals surface area contributed by atoms with E-state index in [-0.39, 0.29) is 17.8 Å². The molecule has 0 fully saturated rings. The van der Waals surface area contributed by atoms with E-state index in [1.54, 1.807) is 25.1 Å². The number of aromatic nitrogens is 2. The minimum absolute atomic E-state index is 0.0493. The second kappa shape index (κ2) is 7.58. The molecule has 12 heteroatoms. The molecule has 1 atom stereocenters. The summed E-state index contributed by atoms with van der Waals surface area (Å²) >= 11 is 2.06. The van der Waals surface area contributed by atoms with E-state index in [4.69, 9.17) is 9.47 Å². The van der Waals surface area contributed by atoms with Gasteiger partial charge in [-0.15, -0.1) is 10.2 Å². The van der Waals surface area contributed by atoms with Crippen molar-refractivity contribution in [2.75, 3.05) is 24.0 Å². The highest BCUT2D eigenvalue weighted by molar-refractivity contribution is 8.02. The molecule has 26 heavy (non-hydrogen) atoms. The van der Waals surface area contributed by atoms with Crippen LogP contribution in [0, 0.1) is 0 Å². The first-order valence-corrected chi connectivity index (χ1v) is 9.01. The van der Waals surface area contributed by atoms with Gasteiger partial charge >= 0.3 is 6.18 Å². The third-order valence-electron chi connectivity index (χ3n) is 3.13. The van der Waals surface area contributed by atoms with E-state index in [0.29, 0.717) is 21.5 Å². The first-order valence-electron chi connectivity index (χ1n) is 7.31. The van der Waals surface area contributed by atoms with Crippen LogP contribution in [0.15, 0.2) is 22.5 Å². The highest BCUT2D eigenvalue weighted by Crippen LogP contribution is 2.35. The lowest BCUT2D eigenvalue weighted by Gasteiger charge is -2.10. The number of benzene rings is 1. The van der Waals surface area contributed by atoms with Crippen molar-refractivity contribution in [3.63, 3.8) is 0 Å².